The predicted molar refractivity (Wildman–Crippen MR) is 120 cm³/mol. The van der Waals surface area contributed by atoms with E-state index < -0.39 is 0 Å². The average Bonchev–Trinajstić information content (AvgIpc) is 3.14. The summed E-state index contributed by atoms with van der Waals surface area (Å²) >= 11 is 1.37. The van der Waals surface area contributed by atoms with Gasteiger partial charge in [-0.05, 0) is 40.5 Å². The van der Waals surface area contributed by atoms with Gasteiger partial charge in [-0.3, -0.25) is 9.59 Å². The van der Waals surface area contributed by atoms with E-state index in [-0.39, 0.29) is 23.4 Å². The van der Waals surface area contributed by atoms with Gasteiger partial charge in [0.1, 0.15) is 10.5 Å². The lowest BCUT2D eigenvalue weighted by atomic mass is 9.87. The number of amides is 1. The maximum atomic E-state index is 12.8. The minimum atomic E-state index is -0.154. The van der Waals surface area contributed by atoms with Crippen LogP contribution in [-0.4, -0.2) is 27.3 Å². The van der Waals surface area contributed by atoms with Crippen LogP contribution in [0.3, 0.4) is 0 Å². The van der Waals surface area contributed by atoms with Gasteiger partial charge in [0.05, 0.1) is 12.1 Å². The smallest absolute Gasteiger partial charge is 0.268 e. The van der Waals surface area contributed by atoms with E-state index in [1.807, 2.05) is 36.6 Å². The van der Waals surface area contributed by atoms with Gasteiger partial charge in [-0.25, -0.2) is 4.98 Å². The Labute approximate surface area is 175 Å². The van der Waals surface area contributed by atoms with E-state index in [0.29, 0.717) is 22.6 Å². The van der Waals surface area contributed by atoms with Crippen molar-refractivity contribution in [3.8, 4) is 0 Å². The summed E-state index contributed by atoms with van der Waals surface area (Å²) in [5.74, 6) is 0.408. The highest BCUT2D eigenvalue weighted by Crippen LogP contribution is 2.22. The first-order valence-corrected chi connectivity index (χ1v) is 10.7. The number of carbonyl (C=O) groups excluding carboxylic acids is 1. The van der Waals surface area contributed by atoms with Gasteiger partial charge in [0.2, 0.25) is 5.91 Å². The number of fused-ring (bicyclic) bond motifs is 1. The Bertz CT molecular complexity index is 1070. The second kappa shape index (κ2) is 8.74. The van der Waals surface area contributed by atoms with Crippen LogP contribution < -0.4 is 5.56 Å². The van der Waals surface area contributed by atoms with Gasteiger partial charge in [0.15, 0.2) is 0 Å². The quantitative estimate of drug-likeness (QED) is 0.598. The summed E-state index contributed by atoms with van der Waals surface area (Å²) in [7, 11) is 0. The zero-order chi connectivity index (χ0) is 21.0. The summed E-state index contributed by atoms with van der Waals surface area (Å²) in [6, 6.07) is 10.1. The third-order valence-corrected chi connectivity index (χ3v) is 5.61. The Morgan fingerprint density at radius 1 is 1.21 bits per heavy atom. The predicted octanol–water partition coefficient (Wildman–Crippen LogP) is 4.73. The fourth-order valence-electron chi connectivity index (χ4n) is 3.08. The number of thiophene rings is 1. The number of aromatic amines is 1. The van der Waals surface area contributed by atoms with E-state index in [0.717, 1.165) is 12.0 Å². The minimum Gasteiger partial charge on any atom is -0.332 e. The van der Waals surface area contributed by atoms with Crippen molar-refractivity contribution in [2.75, 3.05) is 6.54 Å². The molecule has 0 unspecified atom stereocenters. The van der Waals surface area contributed by atoms with Crippen LogP contribution in [0.4, 0.5) is 0 Å². The molecule has 1 amide bonds. The van der Waals surface area contributed by atoms with E-state index in [9.17, 15) is 9.59 Å². The number of nitrogens with zero attached hydrogens (tertiary/aromatic N) is 2. The van der Waals surface area contributed by atoms with Gasteiger partial charge in [0, 0.05) is 12.6 Å². The molecule has 0 bridgehead atoms. The summed E-state index contributed by atoms with van der Waals surface area (Å²) in [5.41, 5.74) is 2.86. The highest BCUT2D eigenvalue weighted by atomic mass is 32.1. The molecule has 3 rings (SSSR count). The molecule has 0 saturated carbocycles. The summed E-state index contributed by atoms with van der Waals surface area (Å²) in [5, 5.41) is 1.85. The van der Waals surface area contributed by atoms with E-state index in [1.165, 1.54) is 16.9 Å². The third-order valence-electron chi connectivity index (χ3n) is 4.70. The summed E-state index contributed by atoms with van der Waals surface area (Å²) in [4.78, 5) is 33.9. The van der Waals surface area contributed by atoms with Crippen LogP contribution in [0.25, 0.3) is 16.3 Å². The molecular formula is C23H27N3O2S. The molecule has 29 heavy (non-hydrogen) atoms. The number of carbonyl (C=O) groups is 1. The van der Waals surface area contributed by atoms with Crippen molar-refractivity contribution in [3.63, 3.8) is 0 Å². The normalized spacial score (nSPS) is 12.0. The minimum absolute atomic E-state index is 0.0974. The maximum absolute atomic E-state index is 12.8. The van der Waals surface area contributed by atoms with E-state index in [2.05, 4.69) is 42.9 Å². The lowest BCUT2D eigenvalue weighted by Crippen LogP contribution is -2.31. The number of hydrogen-bond acceptors (Lipinski definition) is 4. The molecule has 2 aromatic heterocycles. The summed E-state index contributed by atoms with van der Waals surface area (Å²) in [6.07, 6.45) is 4.24. The molecular weight excluding hydrogens is 382 g/mol. The highest BCUT2D eigenvalue weighted by Gasteiger charge is 2.14. The van der Waals surface area contributed by atoms with Gasteiger partial charge < -0.3 is 9.88 Å². The van der Waals surface area contributed by atoms with Gasteiger partial charge in [-0.1, -0.05) is 52.0 Å². The fraction of sp³-hybridized carbons (Fsp3) is 0.348. The number of hydrogen-bond donors (Lipinski definition) is 1. The second-order valence-electron chi connectivity index (χ2n) is 8.11. The molecule has 152 valence electrons. The fourth-order valence-corrected chi connectivity index (χ4v) is 3.81. The zero-order valence-corrected chi connectivity index (χ0v) is 18.2. The third kappa shape index (κ3) is 5.21. The van der Waals surface area contributed by atoms with E-state index in [1.54, 1.807) is 11.0 Å². The van der Waals surface area contributed by atoms with Crippen LogP contribution in [0.15, 0.2) is 46.6 Å². The van der Waals surface area contributed by atoms with Crippen LogP contribution in [0, 0.1) is 0 Å². The second-order valence-corrected chi connectivity index (χ2v) is 9.03. The number of nitrogens with one attached hydrogen (secondary N) is 1. The molecule has 2 heterocycles. The lowest BCUT2D eigenvalue weighted by molar-refractivity contribution is -0.126. The van der Waals surface area contributed by atoms with Crippen LogP contribution >= 0.6 is 11.3 Å². The molecule has 0 spiro atoms. The van der Waals surface area contributed by atoms with Crippen LogP contribution in [0.2, 0.25) is 0 Å². The molecule has 0 aliphatic carbocycles. The largest absolute Gasteiger partial charge is 0.332 e. The average molecular weight is 410 g/mol. The zero-order valence-electron chi connectivity index (χ0n) is 17.4. The Balaban J connectivity index is 1.74. The van der Waals surface area contributed by atoms with E-state index >= 15 is 0 Å². The van der Waals surface area contributed by atoms with Crippen molar-refractivity contribution < 1.29 is 4.79 Å². The van der Waals surface area contributed by atoms with Crippen molar-refractivity contribution >= 4 is 33.5 Å². The number of benzene rings is 1. The van der Waals surface area contributed by atoms with Gasteiger partial charge in [0.25, 0.3) is 5.56 Å². The Morgan fingerprint density at radius 3 is 2.59 bits per heavy atom. The first kappa shape index (κ1) is 21.0. The Hall–Kier alpha value is -2.73. The van der Waals surface area contributed by atoms with Crippen LogP contribution in [0.5, 0.6) is 0 Å². The van der Waals surface area contributed by atoms with Crippen molar-refractivity contribution in [3.05, 3.63) is 69.1 Å². The molecule has 3 aromatic rings. The molecule has 0 saturated heterocycles. The monoisotopic (exact) mass is 409 g/mol. The molecule has 0 atom stereocenters. The molecule has 6 heteroatoms. The van der Waals surface area contributed by atoms with Gasteiger partial charge in [-0.2, -0.15) is 0 Å². The lowest BCUT2D eigenvalue weighted by Gasteiger charge is -2.20. The SMILES string of the molecule is CCCN(Cc1nc2ccsc2c(=O)[nH]1)C(=O)C=Cc1ccc(C(C)(C)C)cc1. The first-order valence-electron chi connectivity index (χ1n) is 9.82. The molecule has 0 radical (unpaired) electrons. The Kier molecular flexibility index (Phi) is 6.33. The van der Waals surface area contributed by atoms with Crippen LogP contribution in [-0.2, 0) is 16.8 Å². The number of aromatic nitrogens is 2. The molecule has 0 aliphatic heterocycles. The number of H-pyrrole nitrogens is 1. The van der Waals surface area contributed by atoms with Crippen LogP contribution in [0.1, 0.15) is 51.1 Å². The highest BCUT2D eigenvalue weighted by molar-refractivity contribution is 7.17. The van der Waals surface area contributed by atoms with Gasteiger partial charge >= 0.3 is 0 Å². The molecule has 0 aliphatic rings. The first-order chi connectivity index (χ1) is 13.8. The molecule has 1 aromatic carbocycles. The standard InChI is InChI=1S/C23H27N3O2S/c1-5-13-26(15-19-24-18-12-14-29-21(18)22(28)25-19)20(27)11-8-16-6-9-17(10-7-16)23(2,3)4/h6-12,14H,5,13,15H2,1-4H3,(H,24,25,28). The summed E-state index contributed by atoms with van der Waals surface area (Å²) in [6.45, 7) is 9.42. The van der Waals surface area contributed by atoms with E-state index in [4.69, 9.17) is 0 Å². The summed E-state index contributed by atoms with van der Waals surface area (Å²) < 4.78 is 0.612. The molecule has 5 nitrogen and oxygen atoms in total. The van der Waals surface area contributed by atoms with Crippen molar-refractivity contribution in [1.29, 1.82) is 0 Å². The topological polar surface area (TPSA) is 66.1 Å². The van der Waals surface area contributed by atoms with Crippen molar-refractivity contribution in [2.45, 2.75) is 46.1 Å². The molecule has 0 fully saturated rings. The van der Waals surface area contributed by atoms with Crippen molar-refractivity contribution in [1.82, 2.24) is 14.9 Å². The Morgan fingerprint density at radius 2 is 1.93 bits per heavy atom. The molecule has 1 N–H and O–H groups in total. The van der Waals surface area contributed by atoms with Crippen molar-refractivity contribution in [2.24, 2.45) is 0 Å². The van der Waals surface area contributed by atoms with Gasteiger partial charge in [-0.15, -0.1) is 11.3 Å². The maximum Gasteiger partial charge on any atom is 0.268 e. The number of rotatable bonds is 6.